The molecule has 0 N–H and O–H groups in total. The number of aromatic nitrogens is 2. The van der Waals surface area contributed by atoms with Gasteiger partial charge in [-0.15, -0.1) is 11.3 Å². The van der Waals surface area contributed by atoms with E-state index in [-0.39, 0.29) is 0 Å². The fraction of sp³-hybridized carbons (Fsp3) is 0.0800. The van der Waals surface area contributed by atoms with Gasteiger partial charge in [-0.2, -0.15) is 5.10 Å². The molecule has 31 heavy (non-hydrogen) atoms. The monoisotopic (exact) mass is 424 g/mol. The summed E-state index contributed by atoms with van der Waals surface area (Å²) >= 11 is 1.51. The molecule has 0 aliphatic rings. The van der Waals surface area contributed by atoms with E-state index < -0.39 is 0 Å². The molecule has 0 radical (unpaired) electrons. The van der Waals surface area contributed by atoms with Gasteiger partial charge in [0.25, 0.3) is 0 Å². The van der Waals surface area contributed by atoms with Crippen molar-refractivity contribution in [3.63, 3.8) is 0 Å². The lowest BCUT2D eigenvalue weighted by Crippen LogP contribution is -2.11. The molecule has 0 spiro atoms. The SMILES string of the molecule is Cc1ccc(C)c(C=Nn2c(-c3cc4ccccc4o3)csc2=Nc2cccnc2)c1. The highest BCUT2D eigenvalue weighted by molar-refractivity contribution is 7.07. The van der Waals surface area contributed by atoms with E-state index in [1.165, 1.54) is 22.5 Å². The maximum Gasteiger partial charge on any atom is 0.211 e. The van der Waals surface area contributed by atoms with E-state index in [0.717, 1.165) is 38.5 Å². The van der Waals surface area contributed by atoms with Crippen molar-refractivity contribution in [3.8, 4) is 11.5 Å². The highest BCUT2D eigenvalue weighted by Gasteiger charge is 2.13. The number of para-hydroxylation sites is 1. The maximum absolute atomic E-state index is 6.11. The predicted molar refractivity (Wildman–Crippen MR) is 126 cm³/mol. The highest BCUT2D eigenvalue weighted by atomic mass is 32.1. The molecular formula is C25H20N4OS. The Hall–Kier alpha value is -3.77. The zero-order valence-electron chi connectivity index (χ0n) is 17.2. The van der Waals surface area contributed by atoms with Crippen molar-refractivity contribution in [2.24, 2.45) is 10.1 Å². The molecule has 0 bridgehead atoms. The van der Waals surface area contributed by atoms with E-state index >= 15 is 0 Å². The molecule has 3 aromatic heterocycles. The number of aryl methyl sites for hydroxylation is 2. The molecule has 0 fully saturated rings. The van der Waals surface area contributed by atoms with Crippen LogP contribution in [0.2, 0.25) is 0 Å². The van der Waals surface area contributed by atoms with E-state index in [9.17, 15) is 0 Å². The molecule has 0 saturated carbocycles. The molecule has 0 aliphatic heterocycles. The lowest BCUT2D eigenvalue weighted by atomic mass is 10.1. The molecule has 5 rings (SSSR count). The summed E-state index contributed by atoms with van der Waals surface area (Å²) in [4.78, 5) is 9.66. The van der Waals surface area contributed by atoms with Crippen LogP contribution in [-0.2, 0) is 0 Å². The van der Waals surface area contributed by atoms with Crippen LogP contribution in [0.15, 0.2) is 92.9 Å². The molecule has 2 aromatic carbocycles. The van der Waals surface area contributed by atoms with Crippen LogP contribution in [0.1, 0.15) is 16.7 Å². The van der Waals surface area contributed by atoms with Crippen LogP contribution in [0.25, 0.3) is 22.4 Å². The van der Waals surface area contributed by atoms with Gasteiger partial charge in [-0.1, -0.05) is 42.0 Å². The number of hydrogen-bond donors (Lipinski definition) is 0. The zero-order chi connectivity index (χ0) is 21.2. The highest BCUT2D eigenvalue weighted by Crippen LogP contribution is 2.28. The molecule has 0 unspecified atom stereocenters. The number of furan rings is 1. The molecule has 3 heterocycles. The third kappa shape index (κ3) is 3.98. The van der Waals surface area contributed by atoms with Gasteiger partial charge in [-0.25, -0.2) is 9.67 Å². The Kier molecular flexibility index (Phi) is 5.06. The van der Waals surface area contributed by atoms with Crippen LogP contribution in [0.4, 0.5) is 5.69 Å². The summed E-state index contributed by atoms with van der Waals surface area (Å²) in [5.41, 5.74) is 5.91. The summed E-state index contributed by atoms with van der Waals surface area (Å²) in [5.74, 6) is 0.753. The fourth-order valence-corrected chi connectivity index (χ4v) is 4.15. The third-order valence-electron chi connectivity index (χ3n) is 4.98. The number of fused-ring (bicyclic) bond motifs is 1. The first-order valence-corrected chi connectivity index (χ1v) is 10.8. The molecule has 0 amide bonds. The molecule has 5 aromatic rings. The van der Waals surface area contributed by atoms with Crippen LogP contribution in [-0.4, -0.2) is 15.9 Å². The first-order chi connectivity index (χ1) is 15.2. The van der Waals surface area contributed by atoms with E-state index in [0.29, 0.717) is 0 Å². The Bertz CT molecular complexity index is 1420. The number of nitrogens with zero attached hydrogens (tertiary/aromatic N) is 4. The zero-order valence-corrected chi connectivity index (χ0v) is 18.0. The van der Waals surface area contributed by atoms with Crippen molar-refractivity contribution < 1.29 is 4.42 Å². The minimum Gasteiger partial charge on any atom is -0.454 e. The summed E-state index contributed by atoms with van der Waals surface area (Å²) in [6.45, 7) is 4.16. The fourth-order valence-electron chi connectivity index (χ4n) is 3.32. The normalized spacial score (nSPS) is 12.3. The number of pyridine rings is 1. The Labute approximate surface area is 183 Å². The van der Waals surface area contributed by atoms with Crippen LogP contribution in [0, 0.1) is 13.8 Å². The van der Waals surface area contributed by atoms with E-state index in [2.05, 4.69) is 37.0 Å². The van der Waals surface area contributed by atoms with Crippen molar-refractivity contribution >= 4 is 34.2 Å². The summed E-state index contributed by atoms with van der Waals surface area (Å²) < 4.78 is 7.94. The van der Waals surface area contributed by atoms with Crippen LogP contribution < -0.4 is 4.80 Å². The molecule has 0 saturated heterocycles. The van der Waals surface area contributed by atoms with Crippen LogP contribution in [0.5, 0.6) is 0 Å². The van der Waals surface area contributed by atoms with E-state index in [1.54, 1.807) is 12.4 Å². The summed E-state index contributed by atoms with van der Waals surface area (Å²) in [5, 5.41) is 7.89. The predicted octanol–water partition coefficient (Wildman–Crippen LogP) is 6.09. The quantitative estimate of drug-likeness (QED) is 0.328. The summed E-state index contributed by atoms with van der Waals surface area (Å²) in [6.07, 6.45) is 5.35. The van der Waals surface area contributed by atoms with Gasteiger partial charge in [0, 0.05) is 17.0 Å². The average Bonchev–Trinajstić information content (AvgIpc) is 3.39. The second kappa shape index (κ2) is 8.16. The lowest BCUT2D eigenvalue weighted by molar-refractivity contribution is 0.622. The Balaban J connectivity index is 1.67. The first-order valence-electron chi connectivity index (χ1n) is 9.93. The van der Waals surface area contributed by atoms with Gasteiger partial charge in [0.15, 0.2) is 5.76 Å². The van der Waals surface area contributed by atoms with Gasteiger partial charge in [0.05, 0.1) is 18.1 Å². The molecule has 6 heteroatoms. The largest absolute Gasteiger partial charge is 0.454 e. The van der Waals surface area contributed by atoms with Gasteiger partial charge in [0.1, 0.15) is 11.3 Å². The van der Waals surface area contributed by atoms with Gasteiger partial charge in [-0.3, -0.25) is 4.98 Å². The van der Waals surface area contributed by atoms with Crippen molar-refractivity contribution in [1.82, 2.24) is 9.66 Å². The minimum atomic E-state index is 0.741. The molecule has 5 nitrogen and oxygen atoms in total. The van der Waals surface area contributed by atoms with Gasteiger partial charge in [0.2, 0.25) is 4.80 Å². The molecular weight excluding hydrogens is 404 g/mol. The number of thiazole rings is 1. The van der Waals surface area contributed by atoms with Crippen LogP contribution in [0.3, 0.4) is 0 Å². The summed E-state index contributed by atoms with van der Waals surface area (Å²) in [6, 6.07) is 20.2. The van der Waals surface area contributed by atoms with Crippen molar-refractivity contribution in [2.75, 3.05) is 0 Å². The van der Waals surface area contributed by atoms with E-state index in [1.807, 2.05) is 58.7 Å². The topological polar surface area (TPSA) is 55.7 Å². The average molecular weight is 425 g/mol. The van der Waals surface area contributed by atoms with Crippen LogP contribution >= 0.6 is 11.3 Å². The molecule has 0 aliphatic carbocycles. The second-order valence-corrected chi connectivity index (χ2v) is 8.13. The van der Waals surface area contributed by atoms with Gasteiger partial charge < -0.3 is 4.42 Å². The Morgan fingerprint density at radius 1 is 1.03 bits per heavy atom. The Morgan fingerprint density at radius 3 is 2.77 bits per heavy atom. The maximum atomic E-state index is 6.11. The third-order valence-corrected chi connectivity index (χ3v) is 5.80. The van der Waals surface area contributed by atoms with E-state index in [4.69, 9.17) is 14.5 Å². The van der Waals surface area contributed by atoms with Gasteiger partial charge >= 0.3 is 0 Å². The summed E-state index contributed by atoms with van der Waals surface area (Å²) in [7, 11) is 0. The minimum absolute atomic E-state index is 0.741. The molecule has 152 valence electrons. The standard InChI is InChI=1S/C25H20N4OS/c1-17-9-10-18(2)20(12-17)14-27-29-22(24-13-19-6-3-4-8-23(19)30-24)16-31-25(29)28-21-7-5-11-26-15-21/h3-16H,1-2H3. The number of benzene rings is 2. The molecule has 0 atom stereocenters. The van der Waals surface area contributed by atoms with Gasteiger partial charge in [-0.05, 0) is 49.2 Å². The Morgan fingerprint density at radius 2 is 1.94 bits per heavy atom. The number of hydrogen-bond acceptors (Lipinski definition) is 5. The lowest BCUT2D eigenvalue weighted by Gasteiger charge is -2.03. The smallest absolute Gasteiger partial charge is 0.211 e. The van der Waals surface area contributed by atoms with Crippen molar-refractivity contribution in [3.05, 3.63) is 99.9 Å². The second-order valence-electron chi connectivity index (χ2n) is 7.29. The van der Waals surface area contributed by atoms with Crippen molar-refractivity contribution in [2.45, 2.75) is 13.8 Å². The van der Waals surface area contributed by atoms with Crippen molar-refractivity contribution in [1.29, 1.82) is 0 Å². The first kappa shape index (κ1) is 19.2. The number of rotatable bonds is 4.